The largest absolute Gasteiger partial charge is 0.338 e. The maximum atomic E-state index is 12.8. The van der Waals surface area contributed by atoms with Crippen LogP contribution in [0.25, 0.3) is 0 Å². The second kappa shape index (κ2) is 5.83. The summed E-state index contributed by atoms with van der Waals surface area (Å²) in [6.07, 6.45) is 7.70. The van der Waals surface area contributed by atoms with E-state index in [0.717, 1.165) is 37.2 Å². The van der Waals surface area contributed by atoms with Crippen molar-refractivity contribution < 1.29 is 4.79 Å². The molecule has 1 aliphatic rings. The van der Waals surface area contributed by atoms with Gasteiger partial charge in [-0.3, -0.25) is 14.6 Å². The lowest BCUT2D eigenvalue weighted by Gasteiger charge is -2.31. The second-order valence-corrected chi connectivity index (χ2v) is 7.34. The summed E-state index contributed by atoms with van der Waals surface area (Å²) in [7, 11) is 0. The van der Waals surface area contributed by atoms with Crippen molar-refractivity contribution in [1.29, 1.82) is 0 Å². The Morgan fingerprint density at radius 3 is 2.52 bits per heavy atom. The molecule has 0 bridgehead atoms. The maximum absolute atomic E-state index is 12.8. The Morgan fingerprint density at radius 2 is 2.00 bits per heavy atom. The number of carbonyl (C=O) groups excluding carboxylic acids is 1. The minimum Gasteiger partial charge on any atom is -0.338 e. The number of piperidine rings is 1. The third-order valence-corrected chi connectivity index (χ3v) is 4.59. The quantitative estimate of drug-likeness (QED) is 0.926. The predicted molar refractivity (Wildman–Crippen MR) is 88.4 cm³/mol. The zero-order chi connectivity index (χ0) is 16.6. The van der Waals surface area contributed by atoms with Crippen LogP contribution in [-0.2, 0) is 5.54 Å². The topological polar surface area (TPSA) is 66.8 Å². The third kappa shape index (κ3) is 3.16. The van der Waals surface area contributed by atoms with E-state index in [9.17, 15) is 4.79 Å². The SMILES string of the molecule is Cc1nn(C(C)(C)C)cc1C(=O)N1CCC(c2cn[nH]c2)CC1. The molecule has 3 rings (SSSR count). The number of aryl methyl sites for hydroxylation is 1. The van der Waals surface area contributed by atoms with E-state index in [2.05, 4.69) is 36.1 Å². The van der Waals surface area contributed by atoms with Crippen LogP contribution < -0.4 is 0 Å². The number of aromatic nitrogens is 4. The molecule has 0 unspecified atom stereocenters. The van der Waals surface area contributed by atoms with Gasteiger partial charge in [0.1, 0.15) is 0 Å². The standard InChI is InChI=1S/C17H25N5O/c1-12-15(11-22(20-12)17(2,3)4)16(23)21-7-5-13(6-8-21)14-9-18-19-10-14/h9-11,13H,5-8H2,1-4H3,(H,18,19). The van der Waals surface area contributed by atoms with E-state index in [1.54, 1.807) is 0 Å². The van der Waals surface area contributed by atoms with Gasteiger partial charge in [-0.05, 0) is 52.0 Å². The van der Waals surface area contributed by atoms with Crippen LogP contribution in [0, 0.1) is 6.92 Å². The smallest absolute Gasteiger partial charge is 0.257 e. The summed E-state index contributed by atoms with van der Waals surface area (Å²) in [5.41, 5.74) is 2.66. The average Bonchev–Trinajstić information content (AvgIpc) is 3.15. The Bertz CT molecular complexity index is 672. The van der Waals surface area contributed by atoms with Crippen molar-refractivity contribution in [3.8, 4) is 0 Å². The Labute approximate surface area is 136 Å². The van der Waals surface area contributed by atoms with Gasteiger partial charge in [-0.15, -0.1) is 0 Å². The van der Waals surface area contributed by atoms with Gasteiger partial charge in [0.15, 0.2) is 0 Å². The van der Waals surface area contributed by atoms with Crippen LogP contribution in [0.5, 0.6) is 0 Å². The molecule has 1 amide bonds. The molecule has 0 saturated carbocycles. The summed E-state index contributed by atoms with van der Waals surface area (Å²) in [5.74, 6) is 0.597. The predicted octanol–water partition coefficient (Wildman–Crippen LogP) is 2.69. The molecule has 0 radical (unpaired) electrons. The van der Waals surface area contributed by atoms with E-state index < -0.39 is 0 Å². The highest BCUT2D eigenvalue weighted by atomic mass is 16.2. The van der Waals surface area contributed by atoms with E-state index in [4.69, 9.17) is 0 Å². The first-order chi connectivity index (χ1) is 10.9. The van der Waals surface area contributed by atoms with Gasteiger partial charge >= 0.3 is 0 Å². The molecule has 1 saturated heterocycles. The number of likely N-dealkylation sites (tertiary alicyclic amines) is 1. The number of rotatable bonds is 2. The molecule has 3 heterocycles. The molecule has 0 aromatic carbocycles. The molecule has 1 N–H and O–H groups in total. The van der Waals surface area contributed by atoms with E-state index >= 15 is 0 Å². The highest BCUT2D eigenvalue weighted by Gasteiger charge is 2.28. The zero-order valence-corrected chi connectivity index (χ0v) is 14.3. The van der Waals surface area contributed by atoms with Gasteiger partial charge in [0.2, 0.25) is 0 Å². The number of nitrogens with zero attached hydrogens (tertiary/aromatic N) is 4. The summed E-state index contributed by atoms with van der Waals surface area (Å²) >= 11 is 0. The van der Waals surface area contributed by atoms with Crippen molar-refractivity contribution in [3.63, 3.8) is 0 Å². The Hall–Kier alpha value is -2.11. The van der Waals surface area contributed by atoms with Crippen molar-refractivity contribution in [2.75, 3.05) is 13.1 Å². The molecule has 6 heteroatoms. The van der Waals surface area contributed by atoms with E-state index in [1.165, 1.54) is 5.56 Å². The molecule has 0 atom stereocenters. The lowest BCUT2D eigenvalue weighted by Crippen LogP contribution is -2.38. The van der Waals surface area contributed by atoms with Gasteiger partial charge in [-0.2, -0.15) is 10.2 Å². The number of hydrogen-bond acceptors (Lipinski definition) is 3. The summed E-state index contributed by atoms with van der Waals surface area (Å²) in [5, 5.41) is 11.4. The van der Waals surface area contributed by atoms with Crippen molar-refractivity contribution in [2.24, 2.45) is 0 Å². The normalized spacial score (nSPS) is 16.8. The molecule has 2 aromatic rings. The molecule has 1 aliphatic heterocycles. The van der Waals surface area contributed by atoms with E-state index in [0.29, 0.717) is 5.92 Å². The first-order valence-electron chi connectivity index (χ1n) is 8.21. The van der Waals surface area contributed by atoms with Crippen LogP contribution >= 0.6 is 0 Å². The van der Waals surface area contributed by atoms with Crippen LogP contribution in [0.3, 0.4) is 0 Å². The summed E-state index contributed by atoms with van der Waals surface area (Å²) in [4.78, 5) is 14.8. The highest BCUT2D eigenvalue weighted by Crippen LogP contribution is 2.28. The lowest BCUT2D eigenvalue weighted by atomic mass is 9.91. The molecule has 0 spiro atoms. The number of carbonyl (C=O) groups is 1. The number of nitrogens with one attached hydrogen (secondary N) is 1. The summed E-state index contributed by atoms with van der Waals surface area (Å²) in [6.45, 7) is 9.75. The third-order valence-electron chi connectivity index (χ3n) is 4.59. The number of H-pyrrole nitrogens is 1. The molecular formula is C17H25N5O. The molecule has 1 fully saturated rings. The Balaban J connectivity index is 1.69. The van der Waals surface area contributed by atoms with Crippen LogP contribution in [0.1, 0.15) is 61.1 Å². The Morgan fingerprint density at radius 1 is 1.30 bits per heavy atom. The van der Waals surface area contributed by atoms with Crippen LogP contribution in [-0.4, -0.2) is 43.9 Å². The van der Waals surface area contributed by atoms with Gasteiger partial charge in [-0.25, -0.2) is 0 Å². The van der Waals surface area contributed by atoms with Crippen molar-refractivity contribution >= 4 is 5.91 Å². The minimum atomic E-state index is -0.114. The summed E-state index contributed by atoms with van der Waals surface area (Å²) < 4.78 is 1.88. The average molecular weight is 315 g/mol. The van der Waals surface area contributed by atoms with E-state index in [-0.39, 0.29) is 11.4 Å². The first kappa shape index (κ1) is 15.8. The van der Waals surface area contributed by atoms with Gasteiger partial charge in [0.25, 0.3) is 5.91 Å². The number of amides is 1. The minimum absolute atomic E-state index is 0.101. The summed E-state index contributed by atoms with van der Waals surface area (Å²) in [6, 6.07) is 0. The van der Waals surface area contributed by atoms with Crippen molar-refractivity contribution in [2.45, 2.75) is 52.0 Å². The molecule has 0 aliphatic carbocycles. The first-order valence-corrected chi connectivity index (χ1v) is 8.21. The Kier molecular flexibility index (Phi) is 4.00. The molecule has 2 aromatic heterocycles. The molecule has 23 heavy (non-hydrogen) atoms. The van der Waals surface area contributed by atoms with Crippen LogP contribution in [0.2, 0.25) is 0 Å². The lowest BCUT2D eigenvalue weighted by molar-refractivity contribution is 0.0712. The van der Waals surface area contributed by atoms with Crippen molar-refractivity contribution in [3.05, 3.63) is 35.4 Å². The van der Waals surface area contributed by atoms with E-state index in [1.807, 2.05) is 35.1 Å². The van der Waals surface area contributed by atoms with Crippen LogP contribution in [0.4, 0.5) is 0 Å². The van der Waals surface area contributed by atoms with Gasteiger partial charge in [0.05, 0.1) is 23.0 Å². The monoisotopic (exact) mass is 315 g/mol. The zero-order valence-electron chi connectivity index (χ0n) is 14.3. The maximum Gasteiger partial charge on any atom is 0.257 e. The highest BCUT2D eigenvalue weighted by molar-refractivity contribution is 5.95. The van der Waals surface area contributed by atoms with Gasteiger partial charge in [0, 0.05) is 25.5 Å². The van der Waals surface area contributed by atoms with Gasteiger partial charge in [-0.1, -0.05) is 0 Å². The van der Waals surface area contributed by atoms with Crippen LogP contribution in [0.15, 0.2) is 18.6 Å². The number of hydrogen-bond donors (Lipinski definition) is 1. The van der Waals surface area contributed by atoms with Gasteiger partial charge < -0.3 is 4.90 Å². The molecule has 6 nitrogen and oxygen atoms in total. The van der Waals surface area contributed by atoms with Crippen molar-refractivity contribution in [1.82, 2.24) is 24.9 Å². The fourth-order valence-electron chi connectivity index (χ4n) is 3.08. The number of aromatic amines is 1. The fraction of sp³-hybridized carbons (Fsp3) is 0.588. The second-order valence-electron chi connectivity index (χ2n) is 7.34. The molecular weight excluding hydrogens is 290 g/mol. The fourth-order valence-corrected chi connectivity index (χ4v) is 3.08. The molecule has 124 valence electrons.